The molecule has 1 amide bonds. The molecule has 0 aromatic heterocycles. The van der Waals surface area contributed by atoms with Gasteiger partial charge < -0.3 is 18.9 Å². The van der Waals surface area contributed by atoms with E-state index in [2.05, 4.69) is 10.5 Å². The monoisotopic (exact) mass is 446 g/mol. The van der Waals surface area contributed by atoms with E-state index in [0.29, 0.717) is 34.1 Å². The number of amides is 1. The van der Waals surface area contributed by atoms with Crippen molar-refractivity contribution in [1.82, 2.24) is 5.43 Å². The highest BCUT2D eigenvalue weighted by atomic mass is 16.7. The predicted octanol–water partition coefficient (Wildman–Crippen LogP) is 3.78. The first kappa shape index (κ1) is 21.9. The molecule has 0 unspecified atom stereocenters. The molecule has 1 heterocycles. The summed E-state index contributed by atoms with van der Waals surface area (Å²) < 4.78 is 21.4. The number of fused-ring (bicyclic) bond motifs is 1. The van der Waals surface area contributed by atoms with Gasteiger partial charge in [-0.1, -0.05) is 12.1 Å². The van der Waals surface area contributed by atoms with Crippen LogP contribution in [-0.4, -0.2) is 31.5 Å². The minimum Gasteiger partial charge on any atom is -0.483 e. The summed E-state index contributed by atoms with van der Waals surface area (Å²) in [6.07, 6.45) is 1.49. The maximum absolute atomic E-state index is 12.3. The van der Waals surface area contributed by atoms with E-state index in [4.69, 9.17) is 18.9 Å². The molecule has 1 aliphatic heterocycles. The van der Waals surface area contributed by atoms with E-state index in [0.717, 1.165) is 11.1 Å². The molecule has 8 nitrogen and oxygen atoms in total. The average molecular weight is 446 g/mol. The highest BCUT2D eigenvalue weighted by Gasteiger charge is 2.17. The molecular formula is C25H22N2O6. The fourth-order valence-electron chi connectivity index (χ4n) is 3.05. The number of hydrogen-bond donors (Lipinski definition) is 1. The van der Waals surface area contributed by atoms with Gasteiger partial charge in [-0.25, -0.2) is 10.2 Å². The van der Waals surface area contributed by atoms with Crippen molar-refractivity contribution in [3.63, 3.8) is 0 Å². The zero-order valence-corrected chi connectivity index (χ0v) is 18.2. The summed E-state index contributed by atoms with van der Waals surface area (Å²) in [6, 6.07) is 17.2. The first-order valence-electron chi connectivity index (χ1n) is 10.2. The largest absolute Gasteiger partial charge is 0.483 e. The topological polar surface area (TPSA) is 95.5 Å². The zero-order valence-electron chi connectivity index (χ0n) is 18.2. The maximum atomic E-state index is 12.3. The number of hydrazone groups is 1. The van der Waals surface area contributed by atoms with Gasteiger partial charge in [-0.05, 0) is 79.1 Å². The van der Waals surface area contributed by atoms with Crippen LogP contribution in [0.2, 0.25) is 0 Å². The molecule has 0 bridgehead atoms. The molecule has 1 aliphatic rings. The molecule has 8 heteroatoms. The van der Waals surface area contributed by atoms with Crippen LogP contribution in [0.4, 0.5) is 0 Å². The van der Waals surface area contributed by atoms with Crippen molar-refractivity contribution in [3.05, 3.63) is 82.9 Å². The molecule has 4 rings (SSSR count). The Morgan fingerprint density at radius 3 is 2.64 bits per heavy atom. The third-order valence-corrected chi connectivity index (χ3v) is 5.02. The molecule has 3 aromatic rings. The molecule has 1 N–H and O–H groups in total. The van der Waals surface area contributed by atoms with Crippen LogP contribution < -0.4 is 24.4 Å². The van der Waals surface area contributed by atoms with E-state index < -0.39 is 5.97 Å². The fraction of sp³-hybridized carbons (Fsp3) is 0.160. The van der Waals surface area contributed by atoms with Crippen molar-refractivity contribution >= 4 is 18.1 Å². The van der Waals surface area contributed by atoms with Crippen LogP contribution >= 0.6 is 0 Å². The van der Waals surface area contributed by atoms with E-state index in [9.17, 15) is 9.59 Å². The zero-order chi connectivity index (χ0) is 23.2. The van der Waals surface area contributed by atoms with Crippen LogP contribution in [0.5, 0.6) is 23.0 Å². The Balaban J connectivity index is 1.26. The highest BCUT2D eigenvalue weighted by molar-refractivity contribution is 5.92. The summed E-state index contributed by atoms with van der Waals surface area (Å²) in [7, 11) is 0. The number of hydrogen-bond acceptors (Lipinski definition) is 7. The quantitative estimate of drug-likeness (QED) is 0.257. The molecule has 0 aliphatic carbocycles. The number of nitrogens with one attached hydrogen (secondary N) is 1. The normalized spacial score (nSPS) is 11.9. The number of rotatable bonds is 7. The highest BCUT2D eigenvalue weighted by Crippen LogP contribution is 2.32. The van der Waals surface area contributed by atoms with Crippen molar-refractivity contribution in [2.24, 2.45) is 5.10 Å². The second-order valence-corrected chi connectivity index (χ2v) is 7.31. The average Bonchev–Trinajstić information content (AvgIpc) is 3.29. The minimum absolute atomic E-state index is 0.136. The van der Waals surface area contributed by atoms with Gasteiger partial charge in [-0.2, -0.15) is 5.10 Å². The fourth-order valence-corrected chi connectivity index (χ4v) is 3.05. The van der Waals surface area contributed by atoms with Gasteiger partial charge in [0.1, 0.15) is 11.5 Å². The first-order valence-corrected chi connectivity index (χ1v) is 10.2. The molecule has 0 saturated carbocycles. The van der Waals surface area contributed by atoms with Gasteiger partial charge in [0, 0.05) is 0 Å². The summed E-state index contributed by atoms with van der Waals surface area (Å²) in [6.45, 7) is 3.92. The molecule has 33 heavy (non-hydrogen) atoms. The van der Waals surface area contributed by atoms with Gasteiger partial charge in [0.25, 0.3) is 5.91 Å². The Morgan fingerprint density at radius 2 is 1.82 bits per heavy atom. The summed E-state index contributed by atoms with van der Waals surface area (Å²) in [5, 5.41) is 3.93. The lowest BCUT2D eigenvalue weighted by atomic mass is 10.1. The predicted molar refractivity (Wildman–Crippen MR) is 121 cm³/mol. The number of nitrogens with zero attached hydrogens (tertiary/aromatic N) is 1. The second kappa shape index (κ2) is 9.86. The minimum atomic E-state index is -0.508. The molecule has 0 radical (unpaired) electrons. The van der Waals surface area contributed by atoms with Gasteiger partial charge in [0.15, 0.2) is 18.1 Å². The smallest absolute Gasteiger partial charge is 0.343 e. The van der Waals surface area contributed by atoms with Gasteiger partial charge in [-0.3, -0.25) is 4.79 Å². The lowest BCUT2D eigenvalue weighted by molar-refractivity contribution is -0.123. The van der Waals surface area contributed by atoms with Gasteiger partial charge in [0.2, 0.25) is 6.79 Å². The summed E-state index contributed by atoms with van der Waals surface area (Å²) in [4.78, 5) is 24.3. The number of benzene rings is 3. The third-order valence-electron chi connectivity index (χ3n) is 5.02. The summed E-state index contributed by atoms with van der Waals surface area (Å²) >= 11 is 0. The first-order chi connectivity index (χ1) is 16.0. The Hall–Kier alpha value is -4.33. The van der Waals surface area contributed by atoms with Crippen LogP contribution in [0, 0.1) is 13.8 Å². The van der Waals surface area contributed by atoms with Crippen molar-refractivity contribution in [3.8, 4) is 23.0 Å². The number of ether oxygens (including phenoxy) is 4. The number of esters is 1. The van der Waals surface area contributed by atoms with Crippen LogP contribution in [-0.2, 0) is 4.79 Å². The SMILES string of the molecule is Cc1cccc(OCC(=O)N/N=C/c2ccc(OC(=O)c3ccc4c(c3)OCO4)cc2)c1C. The van der Waals surface area contributed by atoms with Crippen LogP contribution in [0.25, 0.3) is 0 Å². The van der Waals surface area contributed by atoms with Crippen molar-refractivity contribution in [1.29, 1.82) is 0 Å². The Morgan fingerprint density at radius 1 is 1.03 bits per heavy atom. The lowest BCUT2D eigenvalue weighted by Crippen LogP contribution is -2.24. The van der Waals surface area contributed by atoms with Crippen molar-refractivity contribution < 1.29 is 28.5 Å². The van der Waals surface area contributed by atoms with E-state index in [1.54, 1.807) is 42.5 Å². The van der Waals surface area contributed by atoms with Crippen molar-refractivity contribution in [2.75, 3.05) is 13.4 Å². The van der Waals surface area contributed by atoms with Gasteiger partial charge in [-0.15, -0.1) is 0 Å². The third kappa shape index (κ3) is 5.48. The Bertz CT molecular complexity index is 1200. The molecule has 0 saturated heterocycles. The summed E-state index contributed by atoms with van der Waals surface area (Å²) in [5.74, 6) is 1.27. The maximum Gasteiger partial charge on any atom is 0.343 e. The Kier molecular flexibility index (Phi) is 6.54. The van der Waals surface area contributed by atoms with Crippen LogP contribution in [0.1, 0.15) is 27.0 Å². The molecular weight excluding hydrogens is 424 g/mol. The lowest BCUT2D eigenvalue weighted by Gasteiger charge is -2.09. The Labute approximate surface area is 190 Å². The van der Waals surface area contributed by atoms with Crippen molar-refractivity contribution in [2.45, 2.75) is 13.8 Å². The summed E-state index contributed by atoms with van der Waals surface area (Å²) in [5.41, 5.74) is 5.58. The second-order valence-electron chi connectivity index (χ2n) is 7.31. The molecule has 0 spiro atoms. The molecule has 3 aromatic carbocycles. The van der Waals surface area contributed by atoms with Gasteiger partial charge >= 0.3 is 5.97 Å². The number of carbonyl (C=O) groups is 2. The van der Waals surface area contributed by atoms with E-state index in [1.165, 1.54) is 6.21 Å². The molecule has 168 valence electrons. The molecule has 0 atom stereocenters. The van der Waals surface area contributed by atoms with Crippen LogP contribution in [0.3, 0.4) is 0 Å². The van der Waals surface area contributed by atoms with Crippen LogP contribution in [0.15, 0.2) is 65.8 Å². The van der Waals surface area contributed by atoms with E-state index in [1.807, 2.05) is 32.0 Å². The number of carbonyl (C=O) groups excluding carboxylic acids is 2. The standard InChI is InChI=1S/C25H22N2O6/c1-16-4-3-5-21(17(16)2)30-14-24(28)27-26-13-18-6-9-20(10-7-18)33-25(29)19-8-11-22-23(12-19)32-15-31-22/h3-13H,14-15H2,1-2H3,(H,27,28)/b26-13+. The van der Waals surface area contributed by atoms with E-state index >= 15 is 0 Å². The molecule has 0 fully saturated rings. The van der Waals surface area contributed by atoms with E-state index in [-0.39, 0.29) is 19.3 Å². The number of aryl methyl sites for hydroxylation is 1. The van der Waals surface area contributed by atoms with Gasteiger partial charge in [0.05, 0.1) is 11.8 Å².